The van der Waals surface area contributed by atoms with Crippen molar-refractivity contribution in [2.24, 2.45) is 0 Å². The molecule has 0 bridgehead atoms. The van der Waals surface area contributed by atoms with Crippen LogP contribution in [0.1, 0.15) is 17.2 Å². The lowest BCUT2D eigenvalue weighted by Crippen LogP contribution is -2.55. The lowest BCUT2D eigenvalue weighted by atomic mass is 9.97. The number of benzene rings is 1. The van der Waals surface area contributed by atoms with Crippen LogP contribution in [0, 0.1) is 6.92 Å². The van der Waals surface area contributed by atoms with Crippen LogP contribution in [0.3, 0.4) is 0 Å². The summed E-state index contributed by atoms with van der Waals surface area (Å²) in [5, 5.41) is 2.88. The summed E-state index contributed by atoms with van der Waals surface area (Å²) in [6, 6.07) is 7.23. The SMILES string of the molecule is Cc1ccccc1C1C(=O)NCCN1C(=O)CN1CCOCC1. The van der Waals surface area contributed by atoms with E-state index in [0.717, 1.165) is 24.2 Å². The highest BCUT2D eigenvalue weighted by molar-refractivity contribution is 5.90. The quantitative estimate of drug-likeness (QED) is 0.872. The monoisotopic (exact) mass is 317 g/mol. The zero-order chi connectivity index (χ0) is 16.2. The third-order valence-corrected chi connectivity index (χ3v) is 4.48. The average Bonchev–Trinajstić information content (AvgIpc) is 2.56. The molecule has 6 heteroatoms. The molecule has 23 heavy (non-hydrogen) atoms. The minimum absolute atomic E-state index is 0.00926. The molecule has 2 heterocycles. The average molecular weight is 317 g/mol. The van der Waals surface area contributed by atoms with Gasteiger partial charge in [0, 0.05) is 26.2 Å². The molecule has 2 saturated heterocycles. The molecule has 1 aromatic carbocycles. The first-order valence-corrected chi connectivity index (χ1v) is 8.09. The van der Waals surface area contributed by atoms with E-state index < -0.39 is 6.04 Å². The van der Waals surface area contributed by atoms with Gasteiger partial charge in [0.25, 0.3) is 0 Å². The molecule has 1 N–H and O–H groups in total. The molecule has 6 nitrogen and oxygen atoms in total. The van der Waals surface area contributed by atoms with Crippen LogP contribution in [0.25, 0.3) is 0 Å². The van der Waals surface area contributed by atoms with Crippen LogP contribution < -0.4 is 5.32 Å². The van der Waals surface area contributed by atoms with Gasteiger partial charge in [0.2, 0.25) is 11.8 Å². The summed E-state index contributed by atoms with van der Waals surface area (Å²) in [4.78, 5) is 29.0. The Morgan fingerprint density at radius 2 is 2.00 bits per heavy atom. The normalized spacial score (nSPS) is 22.7. The van der Waals surface area contributed by atoms with Gasteiger partial charge in [0.15, 0.2) is 0 Å². The van der Waals surface area contributed by atoms with E-state index in [1.54, 1.807) is 4.90 Å². The number of carbonyl (C=O) groups excluding carboxylic acids is 2. The topological polar surface area (TPSA) is 61.9 Å². The summed E-state index contributed by atoms with van der Waals surface area (Å²) < 4.78 is 5.32. The highest BCUT2D eigenvalue weighted by Crippen LogP contribution is 2.26. The lowest BCUT2D eigenvalue weighted by Gasteiger charge is -2.37. The Bertz CT molecular complexity index is 584. The maximum absolute atomic E-state index is 12.8. The van der Waals surface area contributed by atoms with Crippen molar-refractivity contribution in [1.29, 1.82) is 0 Å². The molecular weight excluding hydrogens is 294 g/mol. The van der Waals surface area contributed by atoms with Crippen molar-refractivity contribution in [3.63, 3.8) is 0 Å². The van der Waals surface area contributed by atoms with Crippen molar-refractivity contribution in [1.82, 2.24) is 15.1 Å². The summed E-state index contributed by atoms with van der Waals surface area (Å²) >= 11 is 0. The fraction of sp³-hybridized carbons (Fsp3) is 0.529. The van der Waals surface area contributed by atoms with Gasteiger partial charge in [-0.25, -0.2) is 0 Å². The number of carbonyl (C=O) groups is 2. The lowest BCUT2D eigenvalue weighted by molar-refractivity contribution is -0.145. The van der Waals surface area contributed by atoms with Gasteiger partial charge in [-0.1, -0.05) is 24.3 Å². The zero-order valence-electron chi connectivity index (χ0n) is 13.5. The van der Waals surface area contributed by atoms with E-state index >= 15 is 0 Å². The molecule has 1 unspecified atom stereocenters. The summed E-state index contributed by atoms with van der Waals surface area (Å²) in [5.74, 6) is -0.0871. The van der Waals surface area contributed by atoms with E-state index in [1.165, 1.54) is 0 Å². The number of hydrogen-bond donors (Lipinski definition) is 1. The first kappa shape index (κ1) is 16.0. The van der Waals surface area contributed by atoms with Gasteiger partial charge in [0.05, 0.1) is 19.8 Å². The Kier molecular flexibility index (Phi) is 4.93. The number of aryl methyl sites for hydroxylation is 1. The molecule has 0 aromatic heterocycles. The maximum atomic E-state index is 12.8. The smallest absolute Gasteiger partial charge is 0.247 e. The van der Waals surface area contributed by atoms with E-state index in [4.69, 9.17) is 4.74 Å². The van der Waals surface area contributed by atoms with E-state index in [9.17, 15) is 9.59 Å². The van der Waals surface area contributed by atoms with Crippen LogP contribution in [0.4, 0.5) is 0 Å². The highest BCUT2D eigenvalue weighted by Gasteiger charge is 2.35. The van der Waals surface area contributed by atoms with Crippen LogP contribution in [-0.4, -0.2) is 67.6 Å². The molecule has 2 fully saturated rings. The molecule has 3 rings (SSSR count). The first-order chi connectivity index (χ1) is 11.2. The van der Waals surface area contributed by atoms with Gasteiger partial charge in [-0.15, -0.1) is 0 Å². The second-order valence-corrected chi connectivity index (χ2v) is 6.03. The Morgan fingerprint density at radius 1 is 1.26 bits per heavy atom. The van der Waals surface area contributed by atoms with Gasteiger partial charge < -0.3 is 15.0 Å². The summed E-state index contributed by atoms with van der Waals surface area (Å²) in [5.41, 5.74) is 1.93. The van der Waals surface area contributed by atoms with Crippen molar-refractivity contribution in [3.8, 4) is 0 Å². The number of hydrogen-bond acceptors (Lipinski definition) is 4. The Hall–Kier alpha value is -1.92. The van der Waals surface area contributed by atoms with E-state index in [-0.39, 0.29) is 11.8 Å². The van der Waals surface area contributed by atoms with Gasteiger partial charge in [-0.3, -0.25) is 14.5 Å². The molecular formula is C17H23N3O3. The third kappa shape index (κ3) is 3.54. The molecule has 0 aliphatic carbocycles. The second-order valence-electron chi connectivity index (χ2n) is 6.03. The standard InChI is InChI=1S/C17H23N3O3/c1-13-4-2-3-5-14(13)16-17(22)18-6-7-20(16)15(21)12-19-8-10-23-11-9-19/h2-5,16H,6-12H2,1H3,(H,18,22). The molecule has 2 aliphatic rings. The first-order valence-electron chi connectivity index (χ1n) is 8.09. The van der Waals surface area contributed by atoms with Gasteiger partial charge in [-0.2, -0.15) is 0 Å². The fourth-order valence-electron chi connectivity index (χ4n) is 3.18. The van der Waals surface area contributed by atoms with E-state index in [1.807, 2.05) is 31.2 Å². The van der Waals surface area contributed by atoms with Crippen LogP contribution in [0.2, 0.25) is 0 Å². The van der Waals surface area contributed by atoms with Crippen LogP contribution in [0.5, 0.6) is 0 Å². The predicted octanol–water partition coefficient (Wildman–Crippen LogP) is 0.327. The number of morpholine rings is 1. The largest absolute Gasteiger partial charge is 0.379 e. The molecule has 0 radical (unpaired) electrons. The zero-order valence-corrected chi connectivity index (χ0v) is 13.5. The number of rotatable bonds is 3. The van der Waals surface area contributed by atoms with Crippen LogP contribution >= 0.6 is 0 Å². The summed E-state index contributed by atoms with van der Waals surface area (Å²) in [6.07, 6.45) is 0. The highest BCUT2D eigenvalue weighted by atomic mass is 16.5. The fourth-order valence-corrected chi connectivity index (χ4v) is 3.18. The van der Waals surface area contributed by atoms with Gasteiger partial charge in [-0.05, 0) is 18.1 Å². The number of nitrogens with one attached hydrogen (secondary N) is 1. The van der Waals surface area contributed by atoms with Crippen molar-refractivity contribution in [2.75, 3.05) is 45.9 Å². The number of nitrogens with zero attached hydrogens (tertiary/aromatic N) is 2. The predicted molar refractivity (Wildman–Crippen MR) is 85.9 cm³/mol. The molecule has 124 valence electrons. The minimum atomic E-state index is -0.529. The molecule has 1 aromatic rings. The number of ether oxygens (including phenoxy) is 1. The van der Waals surface area contributed by atoms with Crippen LogP contribution in [-0.2, 0) is 14.3 Å². The molecule has 0 saturated carbocycles. The Balaban J connectivity index is 1.79. The van der Waals surface area contributed by atoms with Crippen molar-refractivity contribution < 1.29 is 14.3 Å². The third-order valence-electron chi connectivity index (χ3n) is 4.48. The summed E-state index contributed by atoms with van der Waals surface area (Å²) in [6.45, 7) is 6.23. The molecule has 0 spiro atoms. The Morgan fingerprint density at radius 3 is 2.74 bits per heavy atom. The van der Waals surface area contributed by atoms with Crippen LogP contribution in [0.15, 0.2) is 24.3 Å². The van der Waals surface area contributed by atoms with Crippen molar-refractivity contribution >= 4 is 11.8 Å². The Labute approximate surface area is 136 Å². The summed E-state index contributed by atoms with van der Waals surface area (Å²) in [7, 11) is 0. The minimum Gasteiger partial charge on any atom is -0.379 e. The maximum Gasteiger partial charge on any atom is 0.247 e. The second kappa shape index (κ2) is 7.10. The number of amides is 2. The van der Waals surface area contributed by atoms with E-state index in [2.05, 4.69) is 10.2 Å². The van der Waals surface area contributed by atoms with E-state index in [0.29, 0.717) is 32.8 Å². The molecule has 2 aliphatic heterocycles. The van der Waals surface area contributed by atoms with Gasteiger partial charge >= 0.3 is 0 Å². The molecule has 1 atom stereocenters. The number of piperazine rings is 1. The van der Waals surface area contributed by atoms with Crippen molar-refractivity contribution in [2.45, 2.75) is 13.0 Å². The molecule has 2 amide bonds. The van der Waals surface area contributed by atoms with Crippen molar-refractivity contribution in [3.05, 3.63) is 35.4 Å². The van der Waals surface area contributed by atoms with Gasteiger partial charge in [0.1, 0.15) is 6.04 Å².